The minimum Gasteiger partial charge on any atom is -0.323 e. The van der Waals surface area contributed by atoms with E-state index < -0.39 is 0 Å². The van der Waals surface area contributed by atoms with Crippen LogP contribution in [0.25, 0.3) is 75.6 Å². The van der Waals surface area contributed by atoms with Crippen molar-refractivity contribution in [1.82, 2.24) is 19.3 Å². The Kier molecular flexibility index (Phi) is 5.33. The molecule has 0 amide bonds. The zero-order valence-corrected chi connectivity index (χ0v) is 23.9. The Bertz CT molecular complexity index is 2280. The van der Waals surface area contributed by atoms with Crippen LogP contribution in [0.15, 0.2) is 146 Å². The highest BCUT2D eigenvalue weighted by molar-refractivity contribution is 7.18. The van der Waals surface area contributed by atoms with E-state index in [4.69, 9.17) is 10.2 Å². The van der Waals surface area contributed by atoms with Crippen LogP contribution in [-0.4, -0.2) is 19.3 Å². The van der Waals surface area contributed by atoms with Gasteiger partial charge in [0.15, 0.2) is 0 Å². The van der Waals surface area contributed by atoms with Gasteiger partial charge in [-0.1, -0.05) is 96.3 Å². The molecule has 43 heavy (non-hydrogen) atoms. The highest BCUT2D eigenvalue weighted by atomic mass is 32.1. The molecule has 3 heterocycles. The van der Waals surface area contributed by atoms with Crippen molar-refractivity contribution in [3.05, 3.63) is 146 Å². The van der Waals surface area contributed by atoms with Crippen LogP contribution in [0.3, 0.4) is 0 Å². The third kappa shape index (κ3) is 3.75. The van der Waals surface area contributed by atoms with Crippen molar-refractivity contribution in [1.29, 1.82) is 0 Å². The fourth-order valence-electron chi connectivity index (χ4n) is 6.47. The summed E-state index contributed by atoms with van der Waals surface area (Å²) in [5, 5.41) is 21.0. The van der Waals surface area contributed by atoms with E-state index in [0.29, 0.717) is 0 Å². The topological polar surface area (TPSA) is 35.6 Å². The molecule has 0 N–H and O–H groups in total. The molecule has 0 bridgehead atoms. The standard InChI is InChI=1S/C38H24N4S/c1-3-13-27-25(11-1)23-33-29(35(27)41-19-5-6-20-41)15-9-17-31(33)37-39-40-38(43-37)32-18-10-16-30-34(32)24-26-12-2-4-14-28(26)36(30)42-21-7-8-22-42/h1-24H. The zero-order valence-electron chi connectivity index (χ0n) is 23.1. The molecule has 0 unspecified atom stereocenters. The summed E-state index contributed by atoms with van der Waals surface area (Å²) in [7, 11) is 0. The van der Waals surface area contributed by atoms with E-state index in [1.165, 1.54) is 54.5 Å². The van der Waals surface area contributed by atoms with E-state index in [1.54, 1.807) is 11.3 Å². The lowest BCUT2D eigenvalue weighted by molar-refractivity contribution is 1.10. The third-order valence-electron chi connectivity index (χ3n) is 8.37. The maximum absolute atomic E-state index is 4.78. The minimum atomic E-state index is 0.915. The molecule has 9 aromatic rings. The third-order valence-corrected chi connectivity index (χ3v) is 9.35. The molecule has 0 atom stereocenters. The second kappa shape index (κ2) is 9.51. The van der Waals surface area contributed by atoms with Gasteiger partial charge in [0.1, 0.15) is 10.0 Å². The van der Waals surface area contributed by atoms with Gasteiger partial charge in [0.05, 0.1) is 11.4 Å². The normalized spacial score (nSPS) is 11.7. The largest absolute Gasteiger partial charge is 0.323 e. The summed E-state index contributed by atoms with van der Waals surface area (Å²) in [6.07, 6.45) is 8.46. The lowest BCUT2D eigenvalue weighted by Crippen LogP contribution is -1.95. The van der Waals surface area contributed by atoms with Crippen LogP contribution in [-0.2, 0) is 0 Å². The summed E-state index contributed by atoms with van der Waals surface area (Å²) in [5.74, 6) is 0. The lowest BCUT2D eigenvalue weighted by atomic mass is 9.97. The van der Waals surface area contributed by atoms with Crippen molar-refractivity contribution < 1.29 is 0 Å². The maximum atomic E-state index is 4.78. The first-order valence-corrected chi connectivity index (χ1v) is 15.1. The number of rotatable bonds is 4. The van der Waals surface area contributed by atoms with Crippen LogP contribution < -0.4 is 0 Å². The molecule has 0 aliphatic carbocycles. The van der Waals surface area contributed by atoms with Crippen LogP contribution in [0.2, 0.25) is 0 Å². The molecule has 0 aliphatic rings. The predicted molar refractivity (Wildman–Crippen MR) is 179 cm³/mol. The summed E-state index contributed by atoms with van der Waals surface area (Å²) in [5.41, 5.74) is 4.56. The minimum absolute atomic E-state index is 0.915. The Morgan fingerprint density at radius 1 is 0.395 bits per heavy atom. The number of benzene rings is 6. The van der Waals surface area contributed by atoms with Gasteiger partial charge >= 0.3 is 0 Å². The molecule has 0 fully saturated rings. The molecule has 0 radical (unpaired) electrons. The van der Waals surface area contributed by atoms with Gasteiger partial charge in [-0.15, -0.1) is 10.2 Å². The maximum Gasteiger partial charge on any atom is 0.148 e. The average molecular weight is 569 g/mol. The first-order chi connectivity index (χ1) is 21.3. The molecule has 4 nitrogen and oxygen atoms in total. The highest BCUT2D eigenvalue weighted by Gasteiger charge is 2.18. The molecule has 0 saturated heterocycles. The monoisotopic (exact) mass is 568 g/mol. The fourth-order valence-corrected chi connectivity index (χ4v) is 7.39. The predicted octanol–water partition coefficient (Wildman–Crippen LogP) is 10.1. The van der Waals surface area contributed by atoms with Gasteiger partial charge in [-0.2, -0.15) is 0 Å². The van der Waals surface area contributed by atoms with Crippen molar-refractivity contribution in [2.24, 2.45) is 0 Å². The summed E-state index contributed by atoms with van der Waals surface area (Å²) in [4.78, 5) is 0. The van der Waals surface area contributed by atoms with Crippen LogP contribution in [0.4, 0.5) is 0 Å². The van der Waals surface area contributed by atoms with Gasteiger partial charge in [0.25, 0.3) is 0 Å². The Hall–Kier alpha value is -5.52. The van der Waals surface area contributed by atoms with Crippen molar-refractivity contribution in [3.63, 3.8) is 0 Å². The van der Waals surface area contributed by atoms with E-state index in [9.17, 15) is 0 Å². The van der Waals surface area contributed by atoms with Gasteiger partial charge in [-0.05, 0) is 57.9 Å². The molecular formula is C38H24N4S. The van der Waals surface area contributed by atoms with E-state index in [-0.39, 0.29) is 0 Å². The SMILES string of the molecule is c1ccc2c(-n3cccc3)c3cccc(-c4nnc(-c5cccc6c(-n7cccc7)c7ccccc7cc56)s4)c3cc2c1. The zero-order chi connectivity index (χ0) is 28.3. The highest BCUT2D eigenvalue weighted by Crippen LogP contribution is 2.42. The Morgan fingerprint density at radius 2 is 0.814 bits per heavy atom. The van der Waals surface area contributed by atoms with Crippen LogP contribution in [0.1, 0.15) is 0 Å². The number of hydrogen-bond acceptors (Lipinski definition) is 3. The molecule has 0 saturated carbocycles. The molecule has 5 heteroatoms. The number of fused-ring (bicyclic) bond motifs is 4. The Labute approximate surface area is 251 Å². The number of nitrogens with zero attached hydrogens (tertiary/aromatic N) is 4. The average Bonchev–Trinajstić information content (AvgIpc) is 3.86. The van der Waals surface area contributed by atoms with Gasteiger partial charge in [0.2, 0.25) is 0 Å². The van der Waals surface area contributed by atoms with E-state index in [1.807, 2.05) is 0 Å². The molecule has 3 aromatic heterocycles. The van der Waals surface area contributed by atoms with Crippen LogP contribution in [0.5, 0.6) is 0 Å². The van der Waals surface area contributed by atoms with Crippen molar-refractivity contribution in [3.8, 4) is 32.5 Å². The van der Waals surface area contributed by atoms with Crippen molar-refractivity contribution in [2.75, 3.05) is 0 Å². The van der Waals surface area contributed by atoms with Gasteiger partial charge in [-0.25, -0.2) is 0 Å². The van der Waals surface area contributed by atoms with Gasteiger partial charge in [-0.3, -0.25) is 0 Å². The fraction of sp³-hybridized carbons (Fsp3) is 0. The van der Waals surface area contributed by atoms with Crippen molar-refractivity contribution >= 4 is 54.4 Å². The lowest BCUT2D eigenvalue weighted by Gasteiger charge is -2.15. The quantitative estimate of drug-likeness (QED) is 0.198. The molecule has 0 spiro atoms. The number of aromatic nitrogens is 4. The van der Waals surface area contributed by atoms with Gasteiger partial charge in [0, 0.05) is 57.5 Å². The summed E-state index contributed by atoms with van der Waals surface area (Å²) >= 11 is 1.65. The van der Waals surface area contributed by atoms with Gasteiger partial charge < -0.3 is 9.13 Å². The first-order valence-electron chi connectivity index (χ1n) is 14.3. The molecular weight excluding hydrogens is 545 g/mol. The second-order valence-corrected chi connectivity index (χ2v) is 11.8. The Balaban J connectivity index is 1.26. The van der Waals surface area contributed by atoms with Crippen LogP contribution in [0, 0.1) is 0 Å². The van der Waals surface area contributed by atoms with Crippen molar-refractivity contribution in [2.45, 2.75) is 0 Å². The van der Waals surface area contributed by atoms with Crippen LogP contribution >= 0.6 is 11.3 Å². The smallest absolute Gasteiger partial charge is 0.148 e. The first kappa shape index (κ1) is 24.1. The number of hydrogen-bond donors (Lipinski definition) is 0. The molecule has 9 rings (SSSR count). The summed E-state index contributed by atoms with van der Waals surface area (Å²) in [6.45, 7) is 0. The Morgan fingerprint density at radius 3 is 1.28 bits per heavy atom. The molecule has 6 aromatic carbocycles. The summed E-state index contributed by atoms with van der Waals surface area (Å²) < 4.78 is 4.42. The van der Waals surface area contributed by atoms with E-state index in [2.05, 4.69) is 155 Å². The van der Waals surface area contributed by atoms with E-state index in [0.717, 1.165) is 21.1 Å². The summed E-state index contributed by atoms with van der Waals surface area (Å²) in [6, 6.07) is 43.1. The second-order valence-electron chi connectivity index (χ2n) is 10.8. The van der Waals surface area contributed by atoms with E-state index >= 15 is 0 Å². The molecule has 0 aliphatic heterocycles. The molecule has 202 valence electrons.